The van der Waals surface area contributed by atoms with Crippen LogP contribution in [-0.2, 0) is 4.79 Å². The van der Waals surface area contributed by atoms with E-state index in [0.29, 0.717) is 29.9 Å². The van der Waals surface area contributed by atoms with Gasteiger partial charge in [-0.15, -0.1) is 0 Å². The van der Waals surface area contributed by atoms with E-state index in [-0.39, 0.29) is 5.41 Å². The summed E-state index contributed by atoms with van der Waals surface area (Å²) in [5.41, 5.74) is -1.26. The fraction of sp³-hybridized carbons (Fsp3) is 0.650. The van der Waals surface area contributed by atoms with Crippen molar-refractivity contribution in [3.8, 4) is 5.75 Å². The van der Waals surface area contributed by atoms with E-state index in [2.05, 4.69) is 0 Å². The van der Waals surface area contributed by atoms with Crippen LogP contribution in [0.15, 0.2) is 30.3 Å². The zero-order chi connectivity index (χ0) is 16.1. The van der Waals surface area contributed by atoms with Crippen molar-refractivity contribution in [3.63, 3.8) is 0 Å². The van der Waals surface area contributed by atoms with Gasteiger partial charge in [0.1, 0.15) is 5.75 Å². The van der Waals surface area contributed by atoms with Crippen molar-refractivity contribution in [2.75, 3.05) is 0 Å². The molecule has 1 N–H and O–H groups in total. The van der Waals surface area contributed by atoms with E-state index in [1.165, 1.54) is 19.3 Å². The summed E-state index contributed by atoms with van der Waals surface area (Å²) in [7, 11) is 0. The molecule has 0 heterocycles. The van der Waals surface area contributed by atoms with Crippen LogP contribution in [0.1, 0.15) is 51.9 Å². The van der Waals surface area contributed by atoms with Gasteiger partial charge in [0.15, 0.2) is 0 Å². The maximum atomic E-state index is 12.4. The van der Waals surface area contributed by atoms with Crippen LogP contribution >= 0.6 is 0 Å². The molecule has 4 aliphatic rings. The third kappa shape index (κ3) is 2.20. The molecule has 4 bridgehead atoms. The number of hydrogen-bond acceptors (Lipinski definition) is 2. The molecule has 1 aromatic carbocycles. The average molecular weight is 314 g/mol. The lowest BCUT2D eigenvalue weighted by Gasteiger charge is -2.61. The Morgan fingerprint density at radius 2 is 1.65 bits per heavy atom. The van der Waals surface area contributed by atoms with Crippen LogP contribution in [0.3, 0.4) is 0 Å². The minimum absolute atomic E-state index is 0.182. The number of carbonyl (C=O) groups is 1. The first kappa shape index (κ1) is 15.0. The standard InChI is InChI=1S/C20H26O3/c1-2-20(18(21)22,23-17-6-4-3-5-7-17)19-11-14-8-15(12-19)10-16(9-14)13-19/h3-7,14-16H,2,8-13H2,1H3,(H,21,22). The van der Waals surface area contributed by atoms with Gasteiger partial charge in [-0.05, 0) is 74.8 Å². The molecule has 3 heteroatoms. The molecule has 0 saturated heterocycles. The Morgan fingerprint density at radius 3 is 2.09 bits per heavy atom. The number of aliphatic carboxylic acids is 1. The van der Waals surface area contributed by atoms with E-state index in [1.807, 2.05) is 37.3 Å². The van der Waals surface area contributed by atoms with Crippen molar-refractivity contribution in [2.24, 2.45) is 23.2 Å². The number of para-hydroxylation sites is 1. The molecule has 0 aromatic heterocycles. The quantitative estimate of drug-likeness (QED) is 0.869. The van der Waals surface area contributed by atoms with Gasteiger partial charge in [-0.2, -0.15) is 0 Å². The number of carboxylic acids is 1. The maximum Gasteiger partial charge on any atom is 0.348 e. The van der Waals surface area contributed by atoms with Crippen LogP contribution in [0.2, 0.25) is 0 Å². The summed E-state index contributed by atoms with van der Waals surface area (Å²) >= 11 is 0. The monoisotopic (exact) mass is 314 g/mol. The van der Waals surface area contributed by atoms with E-state index in [1.54, 1.807) is 0 Å². The SMILES string of the molecule is CCC(Oc1ccccc1)(C(=O)O)C12CC3CC(CC(C3)C1)C2. The summed E-state index contributed by atoms with van der Waals surface area (Å²) in [5.74, 6) is 2.06. The van der Waals surface area contributed by atoms with Gasteiger partial charge in [0.2, 0.25) is 5.60 Å². The summed E-state index contributed by atoms with van der Waals surface area (Å²) in [5, 5.41) is 10.2. The van der Waals surface area contributed by atoms with Crippen LogP contribution in [0.5, 0.6) is 5.75 Å². The average Bonchev–Trinajstić information content (AvgIpc) is 2.51. The number of benzene rings is 1. The van der Waals surface area contributed by atoms with Gasteiger partial charge < -0.3 is 9.84 Å². The van der Waals surface area contributed by atoms with Crippen molar-refractivity contribution in [1.82, 2.24) is 0 Å². The Balaban J connectivity index is 1.75. The smallest absolute Gasteiger partial charge is 0.348 e. The van der Waals surface area contributed by atoms with E-state index in [9.17, 15) is 9.90 Å². The second-order valence-corrected chi connectivity index (χ2v) is 8.10. The van der Waals surface area contributed by atoms with Crippen molar-refractivity contribution >= 4 is 5.97 Å². The van der Waals surface area contributed by atoms with Crippen LogP contribution in [0.25, 0.3) is 0 Å². The van der Waals surface area contributed by atoms with Crippen molar-refractivity contribution in [2.45, 2.75) is 57.5 Å². The highest BCUT2D eigenvalue weighted by Gasteiger charge is 2.64. The van der Waals surface area contributed by atoms with Gasteiger partial charge in [-0.1, -0.05) is 25.1 Å². The van der Waals surface area contributed by atoms with E-state index < -0.39 is 11.6 Å². The largest absolute Gasteiger partial charge is 0.478 e. The highest BCUT2D eigenvalue weighted by atomic mass is 16.5. The number of hydrogen-bond donors (Lipinski definition) is 1. The van der Waals surface area contributed by atoms with Gasteiger partial charge in [0.05, 0.1) is 0 Å². The fourth-order valence-corrected chi connectivity index (χ4v) is 6.27. The number of carboxylic acid groups (broad SMARTS) is 1. The normalized spacial score (nSPS) is 37.3. The first-order valence-electron chi connectivity index (χ1n) is 9.04. The minimum Gasteiger partial charge on any atom is -0.478 e. The summed E-state index contributed by atoms with van der Waals surface area (Å²) in [6, 6.07) is 9.53. The molecule has 0 amide bonds. The highest BCUT2D eigenvalue weighted by Crippen LogP contribution is 2.65. The lowest BCUT2D eigenvalue weighted by Crippen LogP contribution is -2.64. The first-order chi connectivity index (χ1) is 11.1. The Hall–Kier alpha value is -1.51. The predicted molar refractivity (Wildman–Crippen MR) is 88.3 cm³/mol. The number of rotatable bonds is 5. The third-order valence-corrected chi connectivity index (χ3v) is 6.77. The van der Waals surface area contributed by atoms with Crippen LogP contribution < -0.4 is 4.74 Å². The molecule has 4 aliphatic carbocycles. The van der Waals surface area contributed by atoms with Crippen molar-refractivity contribution < 1.29 is 14.6 Å². The topological polar surface area (TPSA) is 46.5 Å². The Labute approximate surface area is 138 Å². The molecule has 124 valence electrons. The Morgan fingerprint density at radius 1 is 1.13 bits per heavy atom. The van der Waals surface area contributed by atoms with Crippen molar-refractivity contribution in [3.05, 3.63) is 30.3 Å². The first-order valence-corrected chi connectivity index (χ1v) is 9.04. The Bertz CT molecular complexity index is 559. The van der Waals surface area contributed by atoms with Crippen molar-refractivity contribution in [1.29, 1.82) is 0 Å². The molecule has 0 spiro atoms. The predicted octanol–water partition coefficient (Wildman–Crippen LogP) is 4.52. The Kier molecular flexibility index (Phi) is 3.44. The van der Waals surface area contributed by atoms with Crippen LogP contribution in [0.4, 0.5) is 0 Å². The van der Waals surface area contributed by atoms with Gasteiger partial charge in [-0.3, -0.25) is 0 Å². The molecule has 23 heavy (non-hydrogen) atoms. The fourth-order valence-electron chi connectivity index (χ4n) is 6.27. The lowest BCUT2D eigenvalue weighted by molar-refractivity contribution is -0.197. The summed E-state index contributed by atoms with van der Waals surface area (Å²) in [6.07, 6.45) is 7.56. The summed E-state index contributed by atoms with van der Waals surface area (Å²) in [6.45, 7) is 1.98. The van der Waals surface area contributed by atoms with Gasteiger partial charge in [0.25, 0.3) is 0 Å². The zero-order valence-corrected chi connectivity index (χ0v) is 13.8. The van der Waals surface area contributed by atoms with Gasteiger partial charge in [-0.25, -0.2) is 4.79 Å². The molecule has 4 fully saturated rings. The highest BCUT2D eigenvalue weighted by molar-refractivity contribution is 5.79. The summed E-state index contributed by atoms with van der Waals surface area (Å²) < 4.78 is 6.30. The van der Waals surface area contributed by atoms with E-state index in [0.717, 1.165) is 19.3 Å². The van der Waals surface area contributed by atoms with E-state index >= 15 is 0 Å². The third-order valence-electron chi connectivity index (χ3n) is 6.77. The second kappa shape index (κ2) is 5.25. The molecule has 1 unspecified atom stereocenters. The molecular formula is C20H26O3. The molecular weight excluding hydrogens is 288 g/mol. The number of ether oxygens (including phenoxy) is 1. The summed E-state index contributed by atoms with van der Waals surface area (Å²) in [4.78, 5) is 12.4. The molecule has 0 radical (unpaired) electrons. The van der Waals surface area contributed by atoms with Gasteiger partial charge in [0, 0.05) is 5.41 Å². The second-order valence-electron chi connectivity index (χ2n) is 8.10. The van der Waals surface area contributed by atoms with Crippen LogP contribution in [-0.4, -0.2) is 16.7 Å². The van der Waals surface area contributed by atoms with Crippen LogP contribution in [0, 0.1) is 23.2 Å². The minimum atomic E-state index is -1.08. The molecule has 4 saturated carbocycles. The zero-order valence-electron chi connectivity index (χ0n) is 13.8. The molecule has 5 rings (SSSR count). The maximum absolute atomic E-state index is 12.4. The molecule has 1 atom stereocenters. The van der Waals surface area contributed by atoms with E-state index in [4.69, 9.17) is 4.74 Å². The molecule has 3 nitrogen and oxygen atoms in total. The molecule has 1 aromatic rings. The lowest BCUT2D eigenvalue weighted by atomic mass is 9.45. The van der Waals surface area contributed by atoms with Gasteiger partial charge >= 0.3 is 5.97 Å². The molecule has 0 aliphatic heterocycles.